The Bertz CT molecular complexity index is 1300. The monoisotopic (exact) mass is 539 g/mol. The lowest BCUT2D eigenvalue weighted by Crippen LogP contribution is -2.35. The van der Waals surface area contributed by atoms with Crippen molar-refractivity contribution in [1.29, 1.82) is 0 Å². The summed E-state index contributed by atoms with van der Waals surface area (Å²) < 4.78 is 23.0. The van der Waals surface area contributed by atoms with Gasteiger partial charge in [0.1, 0.15) is 5.82 Å². The van der Waals surface area contributed by atoms with Crippen LogP contribution in [0.3, 0.4) is 0 Å². The Labute approximate surface area is 227 Å². The molecule has 1 saturated carbocycles. The second-order valence-corrected chi connectivity index (χ2v) is 10.1. The third kappa shape index (κ3) is 6.04. The molecule has 1 atom stereocenters. The van der Waals surface area contributed by atoms with Crippen LogP contribution >= 0.6 is 12.6 Å². The zero-order valence-electron chi connectivity index (χ0n) is 21.7. The van der Waals surface area contributed by atoms with Crippen molar-refractivity contribution in [2.75, 3.05) is 6.61 Å². The maximum absolute atomic E-state index is 15.4. The van der Waals surface area contributed by atoms with Crippen molar-refractivity contribution in [3.8, 4) is 17.1 Å². The Morgan fingerprint density at radius 3 is 2.61 bits per heavy atom. The molecule has 0 saturated heterocycles. The van der Waals surface area contributed by atoms with E-state index in [4.69, 9.17) is 4.74 Å². The standard InChI is InChI=1S/C29H34FN3O4S/c1-3-24-25(16-31-27(34)26(38)18-9-5-6-10-18)33(29(32-24)37-4-2)17-20-14-13-19(15-23(20)30)21-11-7-8-12-22(21)28(35)36/h7-8,11-15,18,26,38H,3-6,9-10,16-17H2,1-2H3,(H,31,34)(H,35,36)/t26-/m0/s1. The number of aryl methyl sites for hydroxylation is 1. The van der Waals surface area contributed by atoms with Crippen LogP contribution in [0.1, 0.15) is 66.8 Å². The highest BCUT2D eigenvalue weighted by Crippen LogP contribution is 2.31. The van der Waals surface area contributed by atoms with Gasteiger partial charge in [0.2, 0.25) is 5.91 Å². The molecule has 2 N–H and O–H groups in total. The molecule has 9 heteroatoms. The van der Waals surface area contributed by atoms with E-state index in [-0.39, 0.29) is 35.7 Å². The van der Waals surface area contributed by atoms with Crippen molar-refractivity contribution in [2.24, 2.45) is 5.92 Å². The SMILES string of the molecule is CCOc1nc(CC)c(CNC(=O)[C@@H](S)C2CCCC2)n1Cc1ccc(-c2ccccc2C(=O)O)cc1F. The molecular formula is C29H34FN3O4S. The third-order valence-electron chi connectivity index (χ3n) is 7.12. The topological polar surface area (TPSA) is 93.5 Å². The molecule has 0 unspecified atom stereocenters. The minimum atomic E-state index is -1.07. The average Bonchev–Trinajstić information content (AvgIpc) is 3.57. The summed E-state index contributed by atoms with van der Waals surface area (Å²) in [4.78, 5) is 29.1. The van der Waals surface area contributed by atoms with Crippen molar-refractivity contribution in [1.82, 2.24) is 14.9 Å². The predicted molar refractivity (Wildman–Crippen MR) is 147 cm³/mol. The Morgan fingerprint density at radius 1 is 1.21 bits per heavy atom. The molecule has 1 aliphatic carbocycles. The fraction of sp³-hybridized carbons (Fsp3) is 0.414. The molecule has 1 aliphatic rings. The molecule has 7 nitrogen and oxygen atoms in total. The number of ether oxygens (including phenoxy) is 1. The number of imidazole rings is 1. The number of hydrogen-bond donors (Lipinski definition) is 3. The van der Waals surface area contributed by atoms with Crippen LogP contribution in [0, 0.1) is 11.7 Å². The molecule has 0 spiro atoms. The Balaban J connectivity index is 1.61. The van der Waals surface area contributed by atoms with E-state index >= 15 is 4.39 Å². The van der Waals surface area contributed by atoms with Crippen LogP contribution in [0.4, 0.5) is 4.39 Å². The normalized spacial score (nSPS) is 14.4. The molecular weight excluding hydrogens is 505 g/mol. The van der Waals surface area contributed by atoms with Gasteiger partial charge in [-0.25, -0.2) is 9.18 Å². The molecule has 202 valence electrons. The summed E-state index contributed by atoms with van der Waals surface area (Å²) in [6.45, 7) is 4.60. The average molecular weight is 540 g/mol. The lowest BCUT2D eigenvalue weighted by Gasteiger charge is -2.19. The van der Waals surface area contributed by atoms with Crippen LogP contribution < -0.4 is 10.1 Å². The van der Waals surface area contributed by atoms with E-state index in [1.165, 1.54) is 12.1 Å². The van der Waals surface area contributed by atoms with Crippen LogP contribution in [0.2, 0.25) is 0 Å². The highest BCUT2D eigenvalue weighted by atomic mass is 32.1. The molecule has 3 aromatic rings. The van der Waals surface area contributed by atoms with Gasteiger partial charge in [-0.05, 0) is 55.4 Å². The van der Waals surface area contributed by atoms with Gasteiger partial charge in [-0.2, -0.15) is 17.6 Å². The number of carbonyl (C=O) groups is 2. The molecule has 38 heavy (non-hydrogen) atoms. The number of nitrogens with zero attached hydrogens (tertiary/aromatic N) is 2. The summed E-state index contributed by atoms with van der Waals surface area (Å²) >= 11 is 4.59. The van der Waals surface area contributed by atoms with Gasteiger partial charge in [0.15, 0.2) is 0 Å². The Kier molecular flexibility index (Phi) is 9.09. The first-order chi connectivity index (χ1) is 18.3. The Morgan fingerprint density at radius 2 is 1.95 bits per heavy atom. The van der Waals surface area contributed by atoms with Crippen molar-refractivity contribution in [3.05, 3.63) is 70.8 Å². The summed E-state index contributed by atoms with van der Waals surface area (Å²) in [6, 6.07) is 11.6. The highest BCUT2D eigenvalue weighted by molar-refractivity contribution is 7.81. The van der Waals surface area contributed by atoms with Gasteiger partial charge in [-0.1, -0.05) is 50.1 Å². The number of halogens is 1. The number of hydrogen-bond acceptors (Lipinski definition) is 5. The summed E-state index contributed by atoms with van der Waals surface area (Å²) in [7, 11) is 0. The van der Waals surface area contributed by atoms with Gasteiger partial charge in [-0.15, -0.1) is 0 Å². The van der Waals surface area contributed by atoms with Crippen LogP contribution in [0.5, 0.6) is 6.01 Å². The minimum absolute atomic E-state index is 0.110. The van der Waals surface area contributed by atoms with E-state index in [1.54, 1.807) is 34.9 Å². The fourth-order valence-corrected chi connectivity index (χ4v) is 5.48. The van der Waals surface area contributed by atoms with Crippen LogP contribution in [0.25, 0.3) is 11.1 Å². The number of aromatic nitrogens is 2. The van der Waals surface area contributed by atoms with Crippen molar-refractivity contribution in [2.45, 2.75) is 64.3 Å². The van der Waals surface area contributed by atoms with Crippen molar-refractivity contribution >= 4 is 24.5 Å². The van der Waals surface area contributed by atoms with Gasteiger partial charge in [-0.3, -0.25) is 9.36 Å². The lowest BCUT2D eigenvalue weighted by atomic mass is 9.98. The van der Waals surface area contributed by atoms with Gasteiger partial charge in [0.25, 0.3) is 6.01 Å². The number of carbonyl (C=O) groups excluding carboxylic acids is 1. The molecule has 0 aliphatic heterocycles. The van der Waals surface area contributed by atoms with Gasteiger partial charge in [0.05, 0.1) is 41.9 Å². The first-order valence-electron chi connectivity index (χ1n) is 13.1. The number of rotatable bonds is 11. The molecule has 4 rings (SSSR count). The maximum atomic E-state index is 15.4. The van der Waals surface area contributed by atoms with E-state index in [2.05, 4.69) is 22.9 Å². The van der Waals surface area contributed by atoms with Gasteiger partial charge >= 0.3 is 5.97 Å². The van der Waals surface area contributed by atoms with Gasteiger partial charge < -0.3 is 15.2 Å². The number of carboxylic acids is 1. The third-order valence-corrected chi connectivity index (χ3v) is 7.78. The van der Waals surface area contributed by atoms with Crippen LogP contribution in [0.15, 0.2) is 42.5 Å². The highest BCUT2D eigenvalue weighted by Gasteiger charge is 2.28. The predicted octanol–water partition coefficient (Wildman–Crippen LogP) is 5.50. The largest absolute Gasteiger partial charge is 0.478 e. The second-order valence-electron chi connectivity index (χ2n) is 9.52. The quantitative estimate of drug-likeness (QED) is 0.280. The number of carboxylic acid groups (broad SMARTS) is 1. The maximum Gasteiger partial charge on any atom is 0.336 e. The summed E-state index contributed by atoms with van der Waals surface area (Å²) in [5.41, 5.74) is 2.97. The minimum Gasteiger partial charge on any atom is -0.478 e. The van der Waals surface area contributed by atoms with E-state index in [9.17, 15) is 14.7 Å². The summed E-state index contributed by atoms with van der Waals surface area (Å²) in [5.74, 6) is -1.36. The van der Waals surface area contributed by atoms with Crippen LogP contribution in [-0.2, 0) is 24.3 Å². The first-order valence-corrected chi connectivity index (χ1v) is 13.6. The summed E-state index contributed by atoms with van der Waals surface area (Å²) in [6.07, 6.45) is 4.91. The molecule has 1 heterocycles. The lowest BCUT2D eigenvalue weighted by molar-refractivity contribution is -0.121. The van der Waals surface area contributed by atoms with E-state index in [0.29, 0.717) is 35.7 Å². The van der Waals surface area contributed by atoms with E-state index in [0.717, 1.165) is 37.1 Å². The zero-order valence-corrected chi connectivity index (χ0v) is 22.6. The first kappa shape index (κ1) is 27.7. The second kappa shape index (κ2) is 12.5. The molecule has 0 bridgehead atoms. The van der Waals surface area contributed by atoms with E-state index < -0.39 is 11.8 Å². The number of aromatic carboxylic acids is 1. The molecule has 1 fully saturated rings. The number of amides is 1. The summed E-state index contributed by atoms with van der Waals surface area (Å²) in [5, 5.41) is 12.2. The molecule has 0 radical (unpaired) electrons. The van der Waals surface area contributed by atoms with E-state index in [1.807, 2.05) is 13.8 Å². The van der Waals surface area contributed by atoms with Crippen molar-refractivity contribution in [3.63, 3.8) is 0 Å². The Hall–Kier alpha value is -3.33. The molecule has 2 aromatic carbocycles. The number of benzene rings is 2. The number of nitrogens with one attached hydrogen (secondary N) is 1. The van der Waals surface area contributed by atoms with Gasteiger partial charge in [0, 0.05) is 5.56 Å². The smallest absolute Gasteiger partial charge is 0.336 e. The number of thiol groups is 1. The zero-order chi connectivity index (χ0) is 27.2. The van der Waals surface area contributed by atoms with Crippen LogP contribution in [-0.4, -0.2) is 38.4 Å². The molecule has 1 amide bonds. The fourth-order valence-electron chi connectivity index (χ4n) is 5.09. The van der Waals surface area contributed by atoms with Crippen molar-refractivity contribution < 1.29 is 23.8 Å². The molecule has 1 aromatic heterocycles.